The Morgan fingerprint density at radius 3 is 2.20 bits per heavy atom. The molecule has 1 fully saturated rings. The van der Waals surface area contributed by atoms with Gasteiger partial charge in [-0.15, -0.1) is 0 Å². The maximum atomic E-state index is 13.3. The first-order valence-corrected chi connectivity index (χ1v) is 16.6. The summed E-state index contributed by atoms with van der Waals surface area (Å²) in [7, 11) is -3.43. The summed E-state index contributed by atoms with van der Waals surface area (Å²) in [5, 5.41) is 22.0. The molecule has 10 heteroatoms. The number of sulfone groups is 1. The minimum Gasteiger partial charge on any atom is -0.530 e. The Kier molecular flexibility index (Phi) is 11.7. The molecular weight excluding hydrogens is 578 g/mol. The molecule has 1 aliphatic heterocycles. The number of non-ortho nitro benzene ring substituents is 1. The highest BCUT2D eigenvalue weighted by Crippen LogP contribution is 2.30. The summed E-state index contributed by atoms with van der Waals surface area (Å²) in [6.45, 7) is 4.80. The monoisotopic (exact) mass is 618 g/mol. The third-order valence-corrected chi connectivity index (χ3v) is 10.6. The van der Waals surface area contributed by atoms with E-state index in [1.165, 1.54) is 17.0 Å². The predicted octanol–water partition coefficient (Wildman–Crippen LogP) is 5.43. The number of carbonyl (C=O) groups is 1. The summed E-state index contributed by atoms with van der Waals surface area (Å²) in [4.78, 5) is 26.0. The van der Waals surface area contributed by atoms with Crippen LogP contribution in [0.5, 0.6) is 0 Å². The van der Waals surface area contributed by atoms with Crippen molar-refractivity contribution in [3.05, 3.63) is 118 Å². The van der Waals surface area contributed by atoms with Gasteiger partial charge in [0.15, 0.2) is 9.84 Å². The second-order valence-corrected chi connectivity index (χ2v) is 13.8. The number of carboxylic acid groups (broad SMARTS) is 1. The van der Waals surface area contributed by atoms with E-state index in [1.54, 1.807) is 36.4 Å². The molecule has 0 aliphatic carbocycles. The number of hydrogen-bond acceptors (Lipinski definition) is 7. The van der Waals surface area contributed by atoms with Gasteiger partial charge in [-0.05, 0) is 87.3 Å². The maximum Gasteiger partial charge on any atom is 0.269 e. The summed E-state index contributed by atoms with van der Waals surface area (Å²) >= 11 is 0. The summed E-state index contributed by atoms with van der Waals surface area (Å²) in [6, 6.07) is 24.7. The minimum atomic E-state index is -3.43. The van der Waals surface area contributed by atoms with Crippen molar-refractivity contribution in [1.82, 2.24) is 9.80 Å². The van der Waals surface area contributed by atoms with Crippen LogP contribution in [-0.4, -0.2) is 60.7 Å². The maximum absolute atomic E-state index is 13.3. The van der Waals surface area contributed by atoms with Crippen LogP contribution in [0.4, 0.5) is 10.5 Å². The lowest BCUT2D eigenvalue weighted by molar-refractivity contribution is -0.384. The number of carbonyl (C=O) groups excluding carboxylic acids is 1. The van der Waals surface area contributed by atoms with Crippen molar-refractivity contribution < 1.29 is 23.2 Å². The fourth-order valence-electron chi connectivity index (χ4n) is 5.75. The van der Waals surface area contributed by atoms with Crippen LogP contribution in [0.25, 0.3) is 0 Å². The van der Waals surface area contributed by atoms with E-state index >= 15 is 0 Å². The van der Waals surface area contributed by atoms with Crippen LogP contribution in [0.3, 0.4) is 0 Å². The van der Waals surface area contributed by atoms with E-state index in [9.17, 15) is 28.4 Å². The normalized spacial score (nSPS) is 16.0. The lowest BCUT2D eigenvalue weighted by Crippen LogP contribution is -2.40. The van der Waals surface area contributed by atoms with Crippen LogP contribution >= 0.6 is 0 Å². The second kappa shape index (κ2) is 15.6. The molecule has 9 nitrogen and oxygen atoms in total. The fraction of sp³-hybridized carbons (Fsp3) is 0.382. The zero-order valence-corrected chi connectivity index (χ0v) is 25.8. The molecule has 0 bridgehead atoms. The first kappa shape index (κ1) is 32.9. The van der Waals surface area contributed by atoms with Gasteiger partial charge in [-0.2, -0.15) is 0 Å². The van der Waals surface area contributed by atoms with Gasteiger partial charge in [0.25, 0.3) is 5.69 Å². The molecule has 0 radical (unpaired) electrons. The van der Waals surface area contributed by atoms with Crippen molar-refractivity contribution >= 4 is 21.6 Å². The average molecular weight is 619 g/mol. The predicted molar refractivity (Wildman–Crippen MR) is 169 cm³/mol. The quantitative estimate of drug-likeness (QED) is 0.134. The van der Waals surface area contributed by atoms with Gasteiger partial charge in [0.05, 0.1) is 15.1 Å². The summed E-state index contributed by atoms with van der Waals surface area (Å²) in [5.41, 5.74) is 1.77. The third kappa shape index (κ3) is 9.24. The Morgan fingerprint density at radius 2 is 1.61 bits per heavy atom. The molecule has 3 aromatic rings. The number of benzene rings is 3. The lowest BCUT2D eigenvalue weighted by Gasteiger charge is -2.32. The number of rotatable bonds is 14. The highest BCUT2D eigenvalue weighted by atomic mass is 32.2. The Labute approximate surface area is 259 Å². The second-order valence-electron chi connectivity index (χ2n) is 11.5. The SMILES string of the molecule is C[C@H](C[C@@H](CCN1CCC(C=CCN(Cc2ccc([N+](=O)[O-])cc2)C(=O)[O-])CC1)c1ccccc1)S(=O)(=O)c1ccccc1. The molecule has 3 aromatic carbocycles. The zero-order chi connectivity index (χ0) is 31.5. The van der Waals surface area contributed by atoms with Gasteiger partial charge in [0, 0.05) is 25.2 Å². The number of nitrogens with zero attached hydrogens (tertiary/aromatic N) is 3. The van der Waals surface area contributed by atoms with Crippen molar-refractivity contribution in [2.45, 2.75) is 55.2 Å². The van der Waals surface area contributed by atoms with Crippen LogP contribution in [0, 0.1) is 16.0 Å². The number of nitro benzene ring substituents is 1. The van der Waals surface area contributed by atoms with Crippen molar-refractivity contribution in [2.24, 2.45) is 5.92 Å². The van der Waals surface area contributed by atoms with Gasteiger partial charge >= 0.3 is 0 Å². The number of allylic oxidation sites excluding steroid dienone is 1. The molecule has 1 heterocycles. The summed E-state index contributed by atoms with van der Waals surface area (Å²) < 4.78 is 26.5. The van der Waals surface area contributed by atoms with Crippen molar-refractivity contribution in [3.63, 3.8) is 0 Å². The first-order valence-electron chi connectivity index (χ1n) is 15.1. The molecule has 0 unspecified atom stereocenters. The van der Waals surface area contributed by atoms with Gasteiger partial charge in [0.1, 0.15) is 6.09 Å². The molecule has 44 heavy (non-hydrogen) atoms. The molecular formula is C34H40N3O6S-. The summed E-state index contributed by atoms with van der Waals surface area (Å²) in [6.07, 6.45) is 5.98. The largest absolute Gasteiger partial charge is 0.530 e. The standard InChI is InChI=1S/C34H41N3O6S/c1-27(44(42,43)33-12-6-3-7-13-33)25-31(30-10-4-2-5-11-30)20-24-35-22-18-28(19-23-35)9-8-21-36(34(38)39)26-29-14-16-32(17-15-29)37(40)41/h2-17,27-28,31H,18-26H2,1H3,(H,38,39)/p-1/t27-,31-/m1/s1. The Bertz CT molecular complexity index is 1490. The van der Waals surface area contributed by atoms with Crippen molar-refractivity contribution in [3.8, 4) is 0 Å². The number of nitro groups is 1. The van der Waals surface area contributed by atoms with Gasteiger partial charge < -0.3 is 19.7 Å². The molecule has 1 amide bonds. The molecule has 0 spiro atoms. The molecule has 1 aliphatic rings. The van der Waals surface area contributed by atoms with E-state index in [0.717, 1.165) is 44.5 Å². The van der Waals surface area contributed by atoms with E-state index in [0.29, 0.717) is 22.8 Å². The Balaban J connectivity index is 1.27. The minimum absolute atomic E-state index is 0.0406. The first-order chi connectivity index (χ1) is 21.1. The topological polar surface area (TPSA) is 124 Å². The number of piperidine rings is 1. The fourth-order valence-corrected chi connectivity index (χ4v) is 7.24. The number of amides is 1. The van der Waals surface area contributed by atoms with Crippen molar-refractivity contribution in [1.29, 1.82) is 0 Å². The molecule has 0 saturated carbocycles. The van der Waals surface area contributed by atoms with E-state index in [1.807, 2.05) is 37.3 Å². The Hall–Kier alpha value is -4.02. The van der Waals surface area contributed by atoms with Gasteiger partial charge in [-0.3, -0.25) is 10.1 Å². The molecule has 0 N–H and O–H groups in total. The van der Waals surface area contributed by atoms with Gasteiger partial charge in [-0.1, -0.05) is 72.8 Å². The van der Waals surface area contributed by atoms with Crippen LogP contribution in [-0.2, 0) is 16.4 Å². The molecule has 1 saturated heterocycles. The van der Waals surface area contributed by atoms with Gasteiger partial charge in [0.2, 0.25) is 0 Å². The highest BCUT2D eigenvalue weighted by molar-refractivity contribution is 7.92. The third-order valence-electron chi connectivity index (χ3n) is 8.43. The molecule has 0 aromatic heterocycles. The highest BCUT2D eigenvalue weighted by Gasteiger charge is 2.28. The van der Waals surface area contributed by atoms with Gasteiger partial charge in [-0.25, -0.2) is 8.42 Å². The average Bonchev–Trinajstić information content (AvgIpc) is 3.04. The number of hydrogen-bond donors (Lipinski definition) is 0. The van der Waals surface area contributed by atoms with E-state index < -0.39 is 26.1 Å². The summed E-state index contributed by atoms with van der Waals surface area (Å²) in [5.74, 6) is 0.462. The zero-order valence-electron chi connectivity index (χ0n) is 25.0. The van der Waals surface area contributed by atoms with E-state index in [-0.39, 0.29) is 24.7 Å². The van der Waals surface area contributed by atoms with Crippen LogP contribution in [0.1, 0.15) is 49.7 Å². The molecule has 4 rings (SSSR count). The van der Waals surface area contributed by atoms with E-state index in [2.05, 4.69) is 23.1 Å². The van der Waals surface area contributed by atoms with Crippen LogP contribution in [0.2, 0.25) is 0 Å². The number of likely N-dealkylation sites (tertiary alicyclic amines) is 1. The Morgan fingerprint density at radius 1 is 1.00 bits per heavy atom. The lowest BCUT2D eigenvalue weighted by atomic mass is 9.90. The van der Waals surface area contributed by atoms with Crippen molar-refractivity contribution in [2.75, 3.05) is 26.2 Å². The molecule has 234 valence electrons. The molecule has 2 atom stereocenters. The van der Waals surface area contributed by atoms with Crippen LogP contribution < -0.4 is 5.11 Å². The van der Waals surface area contributed by atoms with Crippen LogP contribution in [0.15, 0.2) is 102 Å². The smallest absolute Gasteiger partial charge is 0.269 e. The van der Waals surface area contributed by atoms with E-state index in [4.69, 9.17) is 0 Å².